The fraction of sp³-hybridized carbons (Fsp3) is 0.444. The second-order valence-corrected chi connectivity index (χ2v) is 7.23. The molecule has 0 bridgehead atoms. The van der Waals surface area contributed by atoms with Gasteiger partial charge in [0.25, 0.3) is 0 Å². The van der Waals surface area contributed by atoms with E-state index in [2.05, 4.69) is 30.0 Å². The number of fused-ring (bicyclic) bond motifs is 1. The molecular formula is C18H21N7O. The lowest BCUT2D eigenvalue weighted by molar-refractivity contribution is 0.294. The first-order valence-electron chi connectivity index (χ1n) is 8.96. The summed E-state index contributed by atoms with van der Waals surface area (Å²) in [6.45, 7) is 7.09. The number of hydrogen-bond acceptors (Lipinski definition) is 7. The molecule has 0 saturated carbocycles. The van der Waals surface area contributed by atoms with E-state index in [0.717, 1.165) is 55.8 Å². The quantitative estimate of drug-likeness (QED) is 0.705. The lowest BCUT2D eigenvalue weighted by Gasteiger charge is -2.21. The molecule has 0 N–H and O–H groups in total. The van der Waals surface area contributed by atoms with Crippen molar-refractivity contribution in [1.82, 2.24) is 29.8 Å². The Kier molecular flexibility index (Phi) is 3.70. The van der Waals surface area contributed by atoms with Gasteiger partial charge in [0.15, 0.2) is 5.82 Å². The van der Waals surface area contributed by atoms with Crippen molar-refractivity contribution in [3.05, 3.63) is 48.4 Å². The minimum absolute atomic E-state index is 0.672. The first-order valence-corrected chi connectivity index (χ1v) is 8.96. The third-order valence-electron chi connectivity index (χ3n) is 5.33. The summed E-state index contributed by atoms with van der Waals surface area (Å²) in [6.07, 6.45) is 5.28. The van der Waals surface area contributed by atoms with Crippen molar-refractivity contribution in [3.8, 4) is 5.82 Å². The number of rotatable bonds is 4. The van der Waals surface area contributed by atoms with Crippen LogP contribution in [0.2, 0.25) is 0 Å². The Balaban J connectivity index is 1.25. The largest absolute Gasteiger partial charge is 0.361 e. The van der Waals surface area contributed by atoms with Gasteiger partial charge in [-0.2, -0.15) is 5.10 Å². The van der Waals surface area contributed by atoms with Crippen LogP contribution in [-0.4, -0.2) is 56.0 Å². The molecule has 3 aromatic heterocycles. The van der Waals surface area contributed by atoms with Gasteiger partial charge >= 0.3 is 0 Å². The van der Waals surface area contributed by atoms with E-state index in [1.165, 1.54) is 0 Å². The average molecular weight is 351 g/mol. The highest BCUT2D eigenvalue weighted by Crippen LogP contribution is 2.34. The molecule has 5 heterocycles. The van der Waals surface area contributed by atoms with Crippen LogP contribution in [0.4, 0.5) is 5.82 Å². The molecule has 3 aromatic rings. The lowest BCUT2D eigenvalue weighted by atomic mass is 10.0. The van der Waals surface area contributed by atoms with Crippen molar-refractivity contribution in [2.24, 2.45) is 11.8 Å². The molecule has 0 spiro atoms. The van der Waals surface area contributed by atoms with Crippen molar-refractivity contribution in [1.29, 1.82) is 0 Å². The third kappa shape index (κ3) is 2.86. The monoisotopic (exact) mass is 351 g/mol. The van der Waals surface area contributed by atoms with Gasteiger partial charge < -0.3 is 9.42 Å². The summed E-state index contributed by atoms with van der Waals surface area (Å²) in [6, 6.07) is 5.94. The maximum atomic E-state index is 5.18. The SMILES string of the molecule is Cc1cc(CN2CC3CN(c4cc(-n5cccn5)ncn4)CC3C2)no1. The molecule has 2 aliphatic rings. The summed E-state index contributed by atoms with van der Waals surface area (Å²) in [4.78, 5) is 13.7. The van der Waals surface area contributed by atoms with Gasteiger partial charge in [-0.05, 0) is 24.8 Å². The zero-order valence-corrected chi connectivity index (χ0v) is 14.7. The molecule has 0 radical (unpaired) electrons. The second kappa shape index (κ2) is 6.21. The van der Waals surface area contributed by atoms with E-state index < -0.39 is 0 Å². The van der Waals surface area contributed by atoms with Gasteiger partial charge in [-0.3, -0.25) is 4.90 Å². The topological polar surface area (TPSA) is 76.1 Å². The minimum atomic E-state index is 0.672. The summed E-state index contributed by atoms with van der Waals surface area (Å²) < 4.78 is 6.95. The van der Waals surface area contributed by atoms with E-state index in [0.29, 0.717) is 11.8 Å². The Morgan fingerprint density at radius 2 is 1.88 bits per heavy atom. The van der Waals surface area contributed by atoms with E-state index in [9.17, 15) is 0 Å². The number of likely N-dealkylation sites (tertiary alicyclic amines) is 1. The number of anilines is 1. The van der Waals surface area contributed by atoms with Crippen molar-refractivity contribution in [2.45, 2.75) is 13.5 Å². The van der Waals surface area contributed by atoms with E-state index >= 15 is 0 Å². The van der Waals surface area contributed by atoms with Crippen LogP contribution in [0.1, 0.15) is 11.5 Å². The number of aromatic nitrogens is 5. The first kappa shape index (κ1) is 15.5. The van der Waals surface area contributed by atoms with Crippen LogP contribution in [0, 0.1) is 18.8 Å². The minimum Gasteiger partial charge on any atom is -0.361 e. The van der Waals surface area contributed by atoms with Crippen LogP contribution in [0.5, 0.6) is 0 Å². The van der Waals surface area contributed by atoms with Gasteiger partial charge in [-0.15, -0.1) is 0 Å². The van der Waals surface area contributed by atoms with Crippen LogP contribution in [0.15, 0.2) is 41.4 Å². The van der Waals surface area contributed by atoms with Crippen LogP contribution in [0.3, 0.4) is 0 Å². The van der Waals surface area contributed by atoms with Gasteiger partial charge in [0.2, 0.25) is 0 Å². The van der Waals surface area contributed by atoms with Crippen LogP contribution < -0.4 is 4.90 Å². The molecule has 2 atom stereocenters. The normalized spacial score (nSPS) is 22.9. The maximum absolute atomic E-state index is 5.18. The van der Waals surface area contributed by atoms with Crippen molar-refractivity contribution in [2.75, 3.05) is 31.1 Å². The Hall–Kier alpha value is -2.74. The zero-order valence-electron chi connectivity index (χ0n) is 14.7. The summed E-state index contributed by atoms with van der Waals surface area (Å²) >= 11 is 0. The molecular weight excluding hydrogens is 330 g/mol. The molecule has 0 amide bonds. The number of nitrogens with zero attached hydrogens (tertiary/aromatic N) is 7. The Labute approximate surface area is 151 Å². The van der Waals surface area contributed by atoms with Crippen LogP contribution in [-0.2, 0) is 6.54 Å². The molecule has 8 nitrogen and oxygen atoms in total. The number of hydrogen-bond donors (Lipinski definition) is 0. The second-order valence-electron chi connectivity index (χ2n) is 7.23. The van der Waals surface area contributed by atoms with E-state index in [1.807, 2.05) is 31.3 Å². The molecule has 0 aromatic carbocycles. The summed E-state index contributed by atoms with van der Waals surface area (Å²) in [5, 5.41) is 8.37. The van der Waals surface area contributed by atoms with E-state index in [-0.39, 0.29) is 0 Å². The molecule has 8 heteroatoms. The Morgan fingerprint density at radius 3 is 2.58 bits per heavy atom. The standard InChI is InChI=1S/C18H21N7O/c1-13-5-16(22-26-13)11-23-7-14-9-24(10-15(14)8-23)17-6-18(20-12-19-17)25-4-2-3-21-25/h2-6,12,14-15H,7-11H2,1H3. The summed E-state index contributed by atoms with van der Waals surface area (Å²) in [5.41, 5.74) is 1.03. The molecule has 2 fully saturated rings. The van der Waals surface area contributed by atoms with Gasteiger partial charge in [0, 0.05) is 57.3 Å². The van der Waals surface area contributed by atoms with E-state index in [1.54, 1.807) is 17.2 Å². The third-order valence-corrected chi connectivity index (χ3v) is 5.33. The first-order chi connectivity index (χ1) is 12.7. The maximum Gasteiger partial charge on any atom is 0.158 e. The van der Waals surface area contributed by atoms with Gasteiger partial charge in [0.05, 0.1) is 5.69 Å². The Bertz CT molecular complexity index is 877. The molecule has 134 valence electrons. The van der Waals surface area contributed by atoms with Crippen molar-refractivity contribution in [3.63, 3.8) is 0 Å². The van der Waals surface area contributed by atoms with E-state index in [4.69, 9.17) is 4.52 Å². The molecule has 5 rings (SSSR count). The molecule has 0 aliphatic carbocycles. The van der Waals surface area contributed by atoms with Gasteiger partial charge in [0.1, 0.15) is 17.9 Å². The van der Waals surface area contributed by atoms with Crippen LogP contribution in [0.25, 0.3) is 5.82 Å². The fourth-order valence-electron chi connectivity index (χ4n) is 4.17. The van der Waals surface area contributed by atoms with Crippen LogP contribution >= 0.6 is 0 Å². The molecule has 2 aliphatic heterocycles. The highest BCUT2D eigenvalue weighted by Gasteiger charge is 2.40. The molecule has 26 heavy (non-hydrogen) atoms. The predicted octanol–water partition coefficient (Wildman–Crippen LogP) is 1.53. The lowest BCUT2D eigenvalue weighted by Crippen LogP contribution is -2.29. The smallest absolute Gasteiger partial charge is 0.158 e. The van der Waals surface area contributed by atoms with Gasteiger partial charge in [-0.25, -0.2) is 14.6 Å². The highest BCUT2D eigenvalue weighted by atomic mass is 16.5. The van der Waals surface area contributed by atoms with Crippen molar-refractivity contribution >= 4 is 5.82 Å². The zero-order chi connectivity index (χ0) is 17.5. The molecule has 2 saturated heterocycles. The fourth-order valence-corrected chi connectivity index (χ4v) is 4.17. The van der Waals surface area contributed by atoms with Gasteiger partial charge in [-0.1, -0.05) is 5.16 Å². The summed E-state index contributed by atoms with van der Waals surface area (Å²) in [5.74, 6) is 4.01. The number of aryl methyl sites for hydroxylation is 1. The molecule has 2 unspecified atom stereocenters. The Morgan fingerprint density at radius 1 is 1.08 bits per heavy atom. The summed E-state index contributed by atoms with van der Waals surface area (Å²) in [7, 11) is 0. The predicted molar refractivity (Wildman–Crippen MR) is 94.9 cm³/mol. The average Bonchev–Trinajstić information content (AvgIpc) is 3.39. The highest BCUT2D eigenvalue weighted by molar-refractivity contribution is 5.44. The van der Waals surface area contributed by atoms with Crippen molar-refractivity contribution < 1.29 is 4.52 Å².